The number of nitrogens with zero attached hydrogens (tertiary/aromatic N) is 3. The molecular weight excluding hydrogens is 498 g/mol. The summed E-state index contributed by atoms with van der Waals surface area (Å²) in [7, 11) is 0. The number of para-hydroxylation sites is 3. The molecule has 0 unspecified atom stereocenters. The summed E-state index contributed by atoms with van der Waals surface area (Å²) in [5, 5.41) is 9.99. The van der Waals surface area contributed by atoms with E-state index < -0.39 is 0 Å². The lowest BCUT2D eigenvalue weighted by Crippen LogP contribution is -2.03. The lowest BCUT2D eigenvalue weighted by atomic mass is 9.95. The van der Waals surface area contributed by atoms with Gasteiger partial charge in [-0.2, -0.15) is 0 Å². The van der Waals surface area contributed by atoms with Crippen molar-refractivity contribution in [1.82, 2.24) is 14.5 Å². The first kappa shape index (κ1) is 22.3. The third-order valence-corrected chi connectivity index (χ3v) is 8.33. The van der Waals surface area contributed by atoms with Gasteiger partial charge in [0.05, 0.1) is 22.1 Å². The Bertz CT molecular complexity index is 2470. The third-order valence-electron chi connectivity index (χ3n) is 8.33. The zero-order chi connectivity index (χ0) is 26.9. The van der Waals surface area contributed by atoms with Crippen LogP contribution in [-0.4, -0.2) is 14.5 Å². The molecule has 7 aromatic carbocycles. The Morgan fingerprint density at radius 2 is 1.07 bits per heavy atom. The largest absolute Gasteiger partial charge is 0.292 e. The van der Waals surface area contributed by atoms with Crippen LogP contribution in [0.1, 0.15) is 0 Å². The molecule has 3 nitrogen and oxygen atoms in total. The van der Waals surface area contributed by atoms with Gasteiger partial charge in [0.25, 0.3) is 0 Å². The standard InChI is InChI=1S/C38H23N3/c1-2-11-26(12-3-1)37-38(40-33-16-8-7-15-32(33)39-37)41-34-17-9-6-14-29(34)31-23-30-27(22-35(31)41)21-20-25-19-18-24-10-4-5-13-28(24)36(25)30/h1-23H. The molecule has 0 aliphatic heterocycles. The van der Waals surface area contributed by atoms with Crippen LogP contribution in [0.4, 0.5) is 0 Å². The van der Waals surface area contributed by atoms with E-state index in [4.69, 9.17) is 9.97 Å². The Labute approximate surface area is 235 Å². The monoisotopic (exact) mass is 521 g/mol. The van der Waals surface area contributed by atoms with Crippen molar-refractivity contribution in [2.75, 3.05) is 0 Å². The fourth-order valence-electron chi connectivity index (χ4n) is 6.46. The highest BCUT2D eigenvalue weighted by molar-refractivity contribution is 6.24. The highest BCUT2D eigenvalue weighted by Crippen LogP contribution is 2.40. The zero-order valence-electron chi connectivity index (χ0n) is 22.1. The molecule has 0 fully saturated rings. The fraction of sp³-hybridized carbons (Fsp3) is 0. The van der Waals surface area contributed by atoms with Gasteiger partial charge in [0.15, 0.2) is 5.82 Å². The average molecular weight is 522 g/mol. The van der Waals surface area contributed by atoms with Crippen LogP contribution in [0.25, 0.3) is 82.2 Å². The van der Waals surface area contributed by atoms with E-state index in [9.17, 15) is 0 Å². The van der Waals surface area contributed by atoms with Gasteiger partial charge in [0.2, 0.25) is 0 Å². The SMILES string of the molecule is c1ccc(-c2nc3ccccc3nc2-n2c3ccccc3c3cc4c(ccc5ccc6ccccc6c54)cc32)cc1. The topological polar surface area (TPSA) is 30.7 Å². The second-order valence-corrected chi connectivity index (χ2v) is 10.6. The molecule has 0 saturated carbocycles. The third kappa shape index (κ3) is 3.26. The summed E-state index contributed by atoms with van der Waals surface area (Å²) in [6.45, 7) is 0. The number of aromatic nitrogens is 3. The minimum absolute atomic E-state index is 0.840. The molecule has 0 radical (unpaired) electrons. The number of hydrogen-bond acceptors (Lipinski definition) is 2. The Morgan fingerprint density at radius 3 is 1.93 bits per heavy atom. The summed E-state index contributed by atoms with van der Waals surface area (Å²) in [6.07, 6.45) is 0. The van der Waals surface area contributed by atoms with E-state index in [0.29, 0.717) is 0 Å². The maximum absolute atomic E-state index is 5.27. The lowest BCUT2D eigenvalue weighted by Gasteiger charge is -2.14. The van der Waals surface area contributed by atoms with E-state index in [-0.39, 0.29) is 0 Å². The first-order valence-electron chi connectivity index (χ1n) is 13.9. The van der Waals surface area contributed by atoms with Crippen LogP contribution in [0.3, 0.4) is 0 Å². The normalized spacial score (nSPS) is 11.9. The molecule has 2 heterocycles. The van der Waals surface area contributed by atoms with Gasteiger partial charge in [0, 0.05) is 16.3 Å². The van der Waals surface area contributed by atoms with Crippen LogP contribution in [0.2, 0.25) is 0 Å². The second-order valence-electron chi connectivity index (χ2n) is 10.6. The minimum atomic E-state index is 0.840. The molecule has 2 aromatic heterocycles. The van der Waals surface area contributed by atoms with Gasteiger partial charge in [-0.25, -0.2) is 9.97 Å². The van der Waals surface area contributed by atoms with Crippen LogP contribution in [-0.2, 0) is 0 Å². The molecule has 0 atom stereocenters. The zero-order valence-corrected chi connectivity index (χ0v) is 22.1. The fourth-order valence-corrected chi connectivity index (χ4v) is 6.46. The lowest BCUT2D eigenvalue weighted by molar-refractivity contribution is 1.08. The molecule has 190 valence electrons. The first-order valence-corrected chi connectivity index (χ1v) is 13.9. The van der Waals surface area contributed by atoms with Crippen LogP contribution in [0, 0.1) is 0 Å². The Hall–Kier alpha value is -5.54. The van der Waals surface area contributed by atoms with E-state index in [1.807, 2.05) is 30.3 Å². The number of benzene rings is 7. The highest BCUT2D eigenvalue weighted by atomic mass is 15.1. The summed E-state index contributed by atoms with van der Waals surface area (Å²) >= 11 is 0. The van der Waals surface area contributed by atoms with Gasteiger partial charge in [-0.05, 0) is 62.6 Å². The quantitative estimate of drug-likeness (QED) is 0.212. The first-order chi connectivity index (χ1) is 20.3. The molecule has 0 bridgehead atoms. The predicted molar refractivity (Wildman–Crippen MR) is 172 cm³/mol. The average Bonchev–Trinajstić information content (AvgIpc) is 3.36. The maximum Gasteiger partial charge on any atom is 0.165 e. The van der Waals surface area contributed by atoms with Crippen molar-refractivity contribution in [3.05, 3.63) is 140 Å². The number of rotatable bonds is 2. The van der Waals surface area contributed by atoms with E-state index in [1.165, 1.54) is 43.1 Å². The van der Waals surface area contributed by atoms with E-state index in [0.717, 1.165) is 39.1 Å². The Kier molecular flexibility index (Phi) is 4.61. The molecule has 0 aliphatic rings. The number of fused-ring (bicyclic) bond motifs is 9. The molecule has 0 amide bonds. The molecule has 0 N–H and O–H groups in total. The summed E-state index contributed by atoms with van der Waals surface area (Å²) in [4.78, 5) is 10.4. The van der Waals surface area contributed by atoms with Crippen molar-refractivity contribution in [2.24, 2.45) is 0 Å². The summed E-state index contributed by atoms with van der Waals surface area (Å²) in [5.41, 5.74) is 5.93. The van der Waals surface area contributed by atoms with Crippen molar-refractivity contribution in [3.63, 3.8) is 0 Å². The molecule has 9 rings (SSSR count). The van der Waals surface area contributed by atoms with E-state index in [2.05, 4.69) is 114 Å². The van der Waals surface area contributed by atoms with Crippen LogP contribution in [0.15, 0.2) is 140 Å². The Morgan fingerprint density at radius 1 is 0.415 bits per heavy atom. The predicted octanol–water partition coefficient (Wildman–Crippen LogP) is 9.85. The van der Waals surface area contributed by atoms with Crippen LogP contribution < -0.4 is 0 Å². The summed E-state index contributed by atoms with van der Waals surface area (Å²) in [6, 6.07) is 49.5. The van der Waals surface area contributed by atoms with Gasteiger partial charge in [0.1, 0.15) is 5.69 Å². The van der Waals surface area contributed by atoms with Crippen molar-refractivity contribution in [2.45, 2.75) is 0 Å². The molecule has 9 aromatic rings. The van der Waals surface area contributed by atoms with E-state index in [1.54, 1.807) is 0 Å². The van der Waals surface area contributed by atoms with Crippen molar-refractivity contribution in [3.8, 4) is 17.1 Å². The van der Waals surface area contributed by atoms with Gasteiger partial charge in [-0.1, -0.05) is 109 Å². The van der Waals surface area contributed by atoms with Gasteiger partial charge >= 0.3 is 0 Å². The van der Waals surface area contributed by atoms with Crippen LogP contribution >= 0.6 is 0 Å². The maximum atomic E-state index is 5.27. The Balaban J connectivity index is 1.46. The van der Waals surface area contributed by atoms with Gasteiger partial charge in [-0.3, -0.25) is 4.57 Å². The smallest absolute Gasteiger partial charge is 0.165 e. The summed E-state index contributed by atoms with van der Waals surface area (Å²) < 4.78 is 2.30. The molecule has 0 saturated heterocycles. The molecule has 3 heteroatoms. The van der Waals surface area contributed by atoms with E-state index >= 15 is 0 Å². The number of hydrogen-bond donors (Lipinski definition) is 0. The van der Waals surface area contributed by atoms with Crippen molar-refractivity contribution < 1.29 is 0 Å². The van der Waals surface area contributed by atoms with Gasteiger partial charge in [-0.15, -0.1) is 0 Å². The molecular formula is C38H23N3. The molecule has 0 aliphatic carbocycles. The molecule has 0 spiro atoms. The van der Waals surface area contributed by atoms with Crippen LogP contribution in [0.5, 0.6) is 0 Å². The molecule has 41 heavy (non-hydrogen) atoms. The van der Waals surface area contributed by atoms with Gasteiger partial charge < -0.3 is 0 Å². The van der Waals surface area contributed by atoms with Crippen molar-refractivity contribution in [1.29, 1.82) is 0 Å². The summed E-state index contributed by atoms with van der Waals surface area (Å²) in [5.74, 6) is 0.840. The van der Waals surface area contributed by atoms with Crippen molar-refractivity contribution >= 4 is 65.2 Å². The minimum Gasteiger partial charge on any atom is -0.292 e. The second kappa shape index (κ2) is 8.48. The highest BCUT2D eigenvalue weighted by Gasteiger charge is 2.20.